The van der Waals surface area contributed by atoms with Crippen LogP contribution < -0.4 is 4.72 Å². The number of sulfonamides is 1. The standard InChI is InChI=1S/C12H11FN2O4S2/c1-9-6-7-14-12(8-9)15-21(18,19)11-4-2-10(3-5-11)20(13,16)17/h2-8H,1H3,(H,14,15). The number of nitrogens with zero attached hydrogens (tertiary/aromatic N) is 1. The fourth-order valence-electron chi connectivity index (χ4n) is 1.57. The zero-order valence-electron chi connectivity index (χ0n) is 10.8. The lowest BCUT2D eigenvalue weighted by Gasteiger charge is -2.08. The Morgan fingerprint density at radius 2 is 1.57 bits per heavy atom. The summed E-state index contributed by atoms with van der Waals surface area (Å²) < 4.78 is 60.5. The highest BCUT2D eigenvalue weighted by Gasteiger charge is 2.17. The van der Waals surface area contributed by atoms with Crippen molar-refractivity contribution in [3.63, 3.8) is 0 Å². The Morgan fingerprint density at radius 1 is 1.00 bits per heavy atom. The summed E-state index contributed by atoms with van der Waals surface area (Å²) in [7, 11) is -8.78. The maximum absolute atomic E-state index is 12.7. The molecule has 0 spiro atoms. The molecule has 0 unspecified atom stereocenters. The van der Waals surface area contributed by atoms with Crippen molar-refractivity contribution in [3.8, 4) is 0 Å². The molecule has 0 amide bonds. The van der Waals surface area contributed by atoms with Gasteiger partial charge in [-0.05, 0) is 48.9 Å². The Bertz CT molecular complexity index is 862. The van der Waals surface area contributed by atoms with E-state index in [-0.39, 0.29) is 10.7 Å². The third-order valence-corrected chi connectivity index (χ3v) is 4.78. The molecule has 112 valence electrons. The fourth-order valence-corrected chi connectivity index (χ4v) is 3.03. The monoisotopic (exact) mass is 330 g/mol. The minimum Gasteiger partial charge on any atom is -0.263 e. The van der Waals surface area contributed by atoms with Crippen LogP contribution in [0.5, 0.6) is 0 Å². The van der Waals surface area contributed by atoms with Crippen molar-refractivity contribution in [3.05, 3.63) is 48.2 Å². The van der Waals surface area contributed by atoms with Crippen LogP contribution in [0.4, 0.5) is 9.70 Å². The molecule has 0 saturated carbocycles. The SMILES string of the molecule is Cc1ccnc(NS(=O)(=O)c2ccc(S(=O)(=O)F)cc2)c1. The molecule has 1 aromatic heterocycles. The quantitative estimate of drug-likeness (QED) is 0.864. The summed E-state index contributed by atoms with van der Waals surface area (Å²) in [5.74, 6) is 0.136. The van der Waals surface area contributed by atoms with E-state index < -0.39 is 25.1 Å². The molecular weight excluding hydrogens is 319 g/mol. The van der Waals surface area contributed by atoms with Gasteiger partial charge < -0.3 is 0 Å². The van der Waals surface area contributed by atoms with Gasteiger partial charge in [0.1, 0.15) is 5.82 Å². The number of rotatable bonds is 4. The first-order valence-corrected chi connectivity index (χ1v) is 8.55. The van der Waals surface area contributed by atoms with Crippen LogP contribution in [0.3, 0.4) is 0 Å². The fraction of sp³-hybridized carbons (Fsp3) is 0.0833. The summed E-state index contributed by atoms with van der Waals surface area (Å²) in [5, 5.41) is 0. The Hall–Kier alpha value is -2.00. The highest BCUT2D eigenvalue weighted by molar-refractivity contribution is 7.92. The van der Waals surface area contributed by atoms with Gasteiger partial charge >= 0.3 is 10.2 Å². The summed E-state index contributed by atoms with van der Waals surface area (Å²) in [4.78, 5) is 3.06. The predicted molar refractivity (Wildman–Crippen MR) is 74.5 cm³/mol. The van der Waals surface area contributed by atoms with Gasteiger partial charge in [0.2, 0.25) is 0 Å². The van der Waals surface area contributed by atoms with E-state index in [1.807, 2.05) is 0 Å². The van der Waals surface area contributed by atoms with Crippen molar-refractivity contribution in [1.29, 1.82) is 0 Å². The average Bonchev–Trinajstić information content (AvgIpc) is 2.37. The van der Waals surface area contributed by atoms with Gasteiger partial charge in [0.25, 0.3) is 10.0 Å². The van der Waals surface area contributed by atoms with Crippen LogP contribution in [0.1, 0.15) is 5.56 Å². The largest absolute Gasteiger partial charge is 0.332 e. The Kier molecular flexibility index (Phi) is 3.97. The molecule has 6 nitrogen and oxygen atoms in total. The van der Waals surface area contributed by atoms with Crippen LogP contribution in [-0.4, -0.2) is 21.8 Å². The van der Waals surface area contributed by atoms with Crippen molar-refractivity contribution in [1.82, 2.24) is 4.98 Å². The third kappa shape index (κ3) is 3.76. The Morgan fingerprint density at radius 3 is 2.10 bits per heavy atom. The molecule has 2 rings (SSSR count). The first kappa shape index (κ1) is 15.4. The van der Waals surface area contributed by atoms with Crippen LogP contribution in [0.25, 0.3) is 0 Å². The van der Waals surface area contributed by atoms with Gasteiger partial charge in [0.15, 0.2) is 0 Å². The summed E-state index contributed by atoms with van der Waals surface area (Å²) >= 11 is 0. The number of aromatic nitrogens is 1. The first-order valence-electron chi connectivity index (χ1n) is 5.69. The zero-order chi connectivity index (χ0) is 15.7. The number of halogens is 1. The molecule has 0 aliphatic rings. The molecule has 21 heavy (non-hydrogen) atoms. The molecule has 0 aliphatic carbocycles. The second-order valence-corrected chi connectivity index (χ2v) is 7.26. The maximum atomic E-state index is 12.7. The predicted octanol–water partition coefficient (Wildman–Crippen LogP) is 1.85. The molecule has 9 heteroatoms. The summed E-state index contributed by atoms with van der Waals surface area (Å²) in [5.41, 5.74) is 0.821. The van der Waals surface area contributed by atoms with E-state index in [0.717, 1.165) is 29.8 Å². The number of aryl methyl sites for hydroxylation is 1. The van der Waals surface area contributed by atoms with Crippen molar-refractivity contribution in [2.24, 2.45) is 0 Å². The molecule has 1 aromatic carbocycles. The van der Waals surface area contributed by atoms with Crippen LogP contribution in [0.2, 0.25) is 0 Å². The summed E-state index contributed by atoms with van der Waals surface area (Å²) in [6, 6.07) is 7.02. The minimum absolute atomic E-state index is 0.136. The van der Waals surface area contributed by atoms with Gasteiger partial charge in [-0.1, -0.05) is 0 Å². The summed E-state index contributed by atoms with van der Waals surface area (Å²) in [6.07, 6.45) is 1.45. The highest BCUT2D eigenvalue weighted by Crippen LogP contribution is 2.18. The van der Waals surface area contributed by atoms with Crippen LogP contribution in [-0.2, 0) is 20.2 Å². The average molecular weight is 330 g/mol. The van der Waals surface area contributed by atoms with E-state index in [0.29, 0.717) is 0 Å². The van der Waals surface area contributed by atoms with Crippen LogP contribution >= 0.6 is 0 Å². The Labute approximate surface area is 121 Å². The van der Waals surface area contributed by atoms with Gasteiger partial charge in [-0.25, -0.2) is 13.4 Å². The molecule has 0 aliphatic heterocycles. The van der Waals surface area contributed by atoms with Crippen LogP contribution in [0.15, 0.2) is 52.4 Å². The normalized spacial score (nSPS) is 12.1. The molecule has 1 N–H and O–H groups in total. The zero-order valence-corrected chi connectivity index (χ0v) is 12.4. The van der Waals surface area contributed by atoms with Crippen molar-refractivity contribution in [2.45, 2.75) is 16.7 Å². The number of pyridine rings is 1. The first-order chi connectivity index (χ1) is 9.68. The van der Waals surface area contributed by atoms with Crippen molar-refractivity contribution >= 4 is 26.1 Å². The van der Waals surface area contributed by atoms with Crippen LogP contribution in [0, 0.1) is 6.92 Å². The molecule has 2 aromatic rings. The topological polar surface area (TPSA) is 93.2 Å². The van der Waals surface area contributed by atoms with Gasteiger partial charge in [0, 0.05) is 6.20 Å². The Balaban J connectivity index is 2.32. The molecule has 0 radical (unpaired) electrons. The van der Waals surface area contributed by atoms with Crippen molar-refractivity contribution in [2.75, 3.05) is 4.72 Å². The molecule has 0 fully saturated rings. The minimum atomic E-state index is -4.86. The van der Waals surface area contributed by atoms with Gasteiger partial charge in [-0.3, -0.25) is 4.72 Å². The number of hydrogen-bond donors (Lipinski definition) is 1. The smallest absolute Gasteiger partial charge is 0.263 e. The molecule has 1 heterocycles. The van der Waals surface area contributed by atoms with Crippen molar-refractivity contribution < 1.29 is 20.7 Å². The lowest BCUT2D eigenvalue weighted by molar-refractivity contribution is 0.551. The second-order valence-electron chi connectivity index (χ2n) is 4.23. The highest BCUT2D eigenvalue weighted by atomic mass is 32.3. The number of nitrogens with one attached hydrogen (secondary N) is 1. The number of anilines is 1. The second kappa shape index (κ2) is 5.41. The number of hydrogen-bond acceptors (Lipinski definition) is 5. The van der Waals surface area contributed by atoms with E-state index in [2.05, 4.69) is 9.71 Å². The molecule has 0 atom stereocenters. The molecule has 0 saturated heterocycles. The van der Waals surface area contributed by atoms with Gasteiger partial charge in [-0.15, -0.1) is 3.89 Å². The van der Waals surface area contributed by atoms with E-state index in [4.69, 9.17) is 0 Å². The number of benzene rings is 1. The molecular formula is C12H11FN2O4S2. The van der Waals surface area contributed by atoms with E-state index >= 15 is 0 Å². The maximum Gasteiger partial charge on any atom is 0.332 e. The van der Waals surface area contributed by atoms with E-state index in [1.165, 1.54) is 12.3 Å². The third-order valence-electron chi connectivity index (χ3n) is 2.57. The van der Waals surface area contributed by atoms with E-state index in [9.17, 15) is 20.7 Å². The summed E-state index contributed by atoms with van der Waals surface area (Å²) in [6.45, 7) is 1.78. The molecule has 0 bridgehead atoms. The van der Waals surface area contributed by atoms with Gasteiger partial charge in [-0.2, -0.15) is 8.42 Å². The lowest BCUT2D eigenvalue weighted by atomic mass is 10.3. The van der Waals surface area contributed by atoms with Gasteiger partial charge in [0.05, 0.1) is 9.79 Å². The lowest BCUT2D eigenvalue weighted by Crippen LogP contribution is -2.14. The van der Waals surface area contributed by atoms with E-state index in [1.54, 1.807) is 13.0 Å².